The van der Waals surface area contributed by atoms with Gasteiger partial charge in [-0.05, 0) is 114 Å². The smallest absolute Gasteiger partial charge is 0.0508 e. The topological polar surface area (TPSA) is 3.24 Å². The summed E-state index contributed by atoms with van der Waals surface area (Å²) in [4.78, 5) is 2.52. The zero-order chi connectivity index (χ0) is 33.4. The van der Waals surface area contributed by atoms with E-state index in [4.69, 9.17) is 0 Å². The molecule has 0 N–H and O–H groups in total. The van der Waals surface area contributed by atoms with E-state index in [1.807, 2.05) is 0 Å². The molecular weight excluding hydrogens is 634 g/mol. The third-order valence-corrected chi connectivity index (χ3v) is 11.2. The van der Waals surface area contributed by atoms with Gasteiger partial charge in [0.05, 0.1) is 5.69 Å². The molecule has 5 rings (SSSR count). The molecule has 1 aliphatic rings. The molecule has 0 aliphatic heterocycles. The predicted octanol–water partition coefficient (Wildman–Crippen LogP) is 14.7. The van der Waals surface area contributed by atoms with Gasteiger partial charge in [-0.2, -0.15) is 0 Å². The van der Waals surface area contributed by atoms with Crippen molar-refractivity contribution >= 4 is 33.0 Å². The van der Waals surface area contributed by atoms with E-state index < -0.39 is 0 Å². The van der Waals surface area contributed by atoms with Crippen molar-refractivity contribution < 1.29 is 0 Å². The lowest BCUT2D eigenvalue weighted by Crippen LogP contribution is -2.29. The SMILES string of the molecule is CC(C)CCCC(C)CCC1(CCC(C)CCCC(C)C)c2cc(Br)ccc2-c2cccc(N(c3ccccc3)c3ccccc3)c21. The number of nitrogens with zero attached hydrogens (tertiary/aromatic N) is 1. The molecule has 0 heterocycles. The van der Waals surface area contributed by atoms with Gasteiger partial charge in [0, 0.05) is 21.3 Å². The second-order valence-corrected chi connectivity index (χ2v) is 16.3. The van der Waals surface area contributed by atoms with Crippen LogP contribution in [0.1, 0.15) is 117 Å². The number of anilines is 3. The summed E-state index contributed by atoms with van der Waals surface area (Å²) in [5.41, 5.74) is 9.60. The van der Waals surface area contributed by atoms with Crippen LogP contribution in [-0.2, 0) is 5.41 Å². The van der Waals surface area contributed by atoms with Crippen molar-refractivity contribution in [3.05, 3.63) is 113 Å². The highest BCUT2D eigenvalue weighted by atomic mass is 79.9. The first-order chi connectivity index (χ1) is 22.7. The fourth-order valence-electron chi connectivity index (χ4n) is 7.98. The number of para-hydroxylation sites is 2. The summed E-state index contributed by atoms with van der Waals surface area (Å²) in [6.07, 6.45) is 12.8. The maximum Gasteiger partial charge on any atom is 0.0508 e. The van der Waals surface area contributed by atoms with Crippen molar-refractivity contribution in [1.82, 2.24) is 0 Å². The number of hydrogen-bond acceptors (Lipinski definition) is 1. The zero-order valence-electron chi connectivity index (χ0n) is 29.9. The van der Waals surface area contributed by atoms with Crippen molar-refractivity contribution in [3.8, 4) is 11.1 Å². The molecule has 2 heteroatoms. The molecule has 4 aromatic carbocycles. The number of rotatable bonds is 17. The van der Waals surface area contributed by atoms with Gasteiger partial charge in [0.15, 0.2) is 0 Å². The van der Waals surface area contributed by atoms with Crippen LogP contribution in [0.25, 0.3) is 11.1 Å². The fraction of sp³-hybridized carbons (Fsp3) is 0.467. The van der Waals surface area contributed by atoms with Crippen molar-refractivity contribution in [1.29, 1.82) is 0 Å². The van der Waals surface area contributed by atoms with E-state index in [1.54, 1.807) is 0 Å². The minimum absolute atomic E-state index is 0.0501. The molecule has 0 saturated carbocycles. The number of halogens is 1. The molecule has 1 nitrogen and oxygen atoms in total. The van der Waals surface area contributed by atoms with Crippen LogP contribution in [-0.4, -0.2) is 0 Å². The van der Waals surface area contributed by atoms with E-state index in [2.05, 4.69) is 159 Å². The first kappa shape index (κ1) is 35.5. The Morgan fingerprint density at radius 1 is 0.553 bits per heavy atom. The Morgan fingerprint density at radius 2 is 1.09 bits per heavy atom. The van der Waals surface area contributed by atoms with Crippen LogP contribution in [0.15, 0.2) is 102 Å². The van der Waals surface area contributed by atoms with Gasteiger partial charge >= 0.3 is 0 Å². The monoisotopic (exact) mass is 691 g/mol. The molecule has 47 heavy (non-hydrogen) atoms. The highest BCUT2D eigenvalue weighted by molar-refractivity contribution is 9.10. The van der Waals surface area contributed by atoms with Crippen LogP contribution in [0.2, 0.25) is 0 Å². The Bertz CT molecular complexity index is 1480. The summed E-state index contributed by atoms with van der Waals surface area (Å²) in [7, 11) is 0. The maximum absolute atomic E-state index is 3.93. The van der Waals surface area contributed by atoms with Gasteiger partial charge in [-0.25, -0.2) is 0 Å². The molecule has 0 fully saturated rings. The Kier molecular flexibility index (Phi) is 12.5. The van der Waals surface area contributed by atoms with E-state index >= 15 is 0 Å². The zero-order valence-corrected chi connectivity index (χ0v) is 31.5. The third kappa shape index (κ3) is 8.61. The molecule has 2 atom stereocenters. The van der Waals surface area contributed by atoms with Gasteiger partial charge in [0.2, 0.25) is 0 Å². The van der Waals surface area contributed by atoms with Crippen LogP contribution < -0.4 is 4.90 Å². The quantitative estimate of drug-likeness (QED) is 0.106. The van der Waals surface area contributed by atoms with E-state index in [-0.39, 0.29) is 5.41 Å². The number of hydrogen-bond donors (Lipinski definition) is 0. The Balaban J connectivity index is 1.64. The lowest BCUT2D eigenvalue weighted by molar-refractivity contribution is 0.328. The van der Waals surface area contributed by atoms with Gasteiger partial charge in [0.1, 0.15) is 0 Å². The van der Waals surface area contributed by atoms with Crippen molar-refractivity contribution in [2.24, 2.45) is 23.7 Å². The van der Waals surface area contributed by atoms with Crippen LogP contribution in [0, 0.1) is 23.7 Å². The van der Waals surface area contributed by atoms with Crippen LogP contribution in [0.4, 0.5) is 17.1 Å². The molecule has 0 bridgehead atoms. The maximum atomic E-state index is 3.93. The van der Waals surface area contributed by atoms with E-state index in [0.29, 0.717) is 11.8 Å². The van der Waals surface area contributed by atoms with Crippen molar-refractivity contribution in [2.75, 3.05) is 4.90 Å². The molecule has 0 radical (unpaired) electrons. The molecule has 0 aromatic heterocycles. The summed E-state index contributed by atoms with van der Waals surface area (Å²) in [5.74, 6) is 2.97. The van der Waals surface area contributed by atoms with E-state index in [9.17, 15) is 0 Å². The molecule has 4 aromatic rings. The summed E-state index contributed by atoms with van der Waals surface area (Å²) >= 11 is 3.93. The van der Waals surface area contributed by atoms with Gasteiger partial charge in [0.25, 0.3) is 0 Å². The van der Waals surface area contributed by atoms with Crippen molar-refractivity contribution in [2.45, 2.75) is 111 Å². The molecule has 0 amide bonds. The summed E-state index contributed by atoms with van der Waals surface area (Å²) in [5, 5.41) is 0. The van der Waals surface area contributed by atoms with Gasteiger partial charge in [-0.1, -0.05) is 151 Å². The lowest BCUT2D eigenvalue weighted by atomic mass is 9.68. The molecular formula is C45H58BrN. The normalized spacial score (nSPS) is 16.7. The second kappa shape index (κ2) is 16.5. The third-order valence-electron chi connectivity index (χ3n) is 10.7. The van der Waals surface area contributed by atoms with Gasteiger partial charge in [-0.15, -0.1) is 0 Å². The van der Waals surface area contributed by atoms with E-state index in [1.165, 1.54) is 108 Å². The average molecular weight is 693 g/mol. The Hall–Kier alpha value is -2.84. The summed E-state index contributed by atoms with van der Waals surface area (Å²) < 4.78 is 1.19. The number of fused-ring (bicyclic) bond motifs is 3. The van der Waals surface area contributed by atoms with Crippen LogP contribution in [0.3, 0.4) is 0 Å². The van der Waals surface area contributed by atoms with Crippen LogP contribution >= 0.6 is 15.9 Å². The first-order valence-corrected chi connectivity index (χ1v) is 19.3. The van der Waals surface area contributed by atoms with Crippen molar-refractivity contribution in [3.63, 3.8) is 0 Å². The first-order valence-electron chi connectivity index (χ1n) is 18.5. The molecule has 0 spiro atoms. The largest absolute Gasteiger partial charge is 0.310 e. The highest BCUT2D eigenvalue weighted by Crippen LogP contribution is 2.59. The minimum atomic E-state index is -0.0501. The van der Waals surface area contributed by atoms with Gasteiger partial charge < -0.3 is 4.90 Å². The molecule has 2 unspecified atom stereocenters. The summed E-state index contributed by atoms with van der Waals surface area (Å²) in [6.45, 7) is 14.5. The Labute approximate surface area is 295 Å². The molecule has 0 saturated heterocycles. The Morgan fingerprint density at radius 3 is 1.60 bits per heavy atom. The van der Waals surface area contributed by atoms with E-state index in [0.717, 1.165) is 11.8 Å². The minimum Gasteiger partial charge on any atom is -0.310 e. The average Bonchev–Trinajstić information content (AvgIpc) is 3.33. The second-order valence-electron chi connectivity index (χ2n) is 15.4. The van der Waals surface area contributed by atoms with Crippen LogP contribution in [0.5, 0.6) is 0 Å². The summed E-state index contributed by atoms with van der Waals surface area (Å²) in [6, 6.07) is 36.2. The standard InChI is InChI=1S/C45H58BrN/c1-33(2)16-13-18-35(5)28-30-45(31-29-36(6)19-14-17-34(3)4)42-32-37(46)26-27-40(42)41-24-15-25-43(44(41)45)47(38-20-9-7-10-21-38)39-22-11-8-12-23-39/h7-12,15,20-27,32-36H,13-14,16-19,28-31H2,1-6H3. The highest BCUT2D eigenvalue weighted by Gasteiger charge is 2.45. The fourth-order valence-corrected chi connectivity index (χ4v) is 8.35. The molecule has 1 aliphatic carbocycles. The molecule has 250 valence electrons. The lowest BCUT2D eigenvalue weighted by Gasteiger charge is -2.38. The number of benzene rings is 4. The van der Waals surface area contributed by atoms with Gasteiger partial charge in [-0.3, -0.25) is 0 Å². The predicted molar refractivity (Wildman–Crippen MR) is 209 cm³/mol.